The number of hydrogen-bond donors (Lipinski definition) is 1. The Morgan fingerprint density at radius 3 is 2.80 bits per heavy atom. The van der Waals surface area contributed by atoms with Gasteiger partial charge in [-0.25, -0.2) is 9.97 Å². The molecule has 0 saturated carbocycles. The zero-order valence-corrected chi connectivity index (χ0v) is 13.3. The molecule has 2 rings (SSSR count). The first-order valence-corrected chi connectivity index (χ1v) is 7.91. The smallest absolute Gasteiger partial charge is 0.225 e. The molecule has 1 unspecified atom stereocenters. The Kier molecular flexibility index (Phi) is 5.35. The van der Waals surface area contributed by atoms with Crippen molar-refractivity contribution in [1.29, 1.82) is 0 Å². The average molecular weight is 276 g/mol. The fraction of sp³-hybridized carbons (Fsp3) is 0.750. The van der Waals surface area contributed by atoms with Crippen molar-refractivity contribution in [3.05, 3.63) is 17.5 Å². The number of nitrogens with one attached hydrogen (secondary N) is 1. The first-order valence-electron chi connectivity index (χ1n) is 7.91. The number of piperidine rings is 1. The molecule has 1 aromatic heterocycles. The van der Waals surface area contributed by atoms with Gasteiger partial charge in [-0.05, 0) is 57.7 Å². The van der Waals surface area contributed by atoms with Gasteiger partial charge in [0.25, 0.3) is 0 Å². The van der Waals surface area contributed by atoms with E-state index in [1.807, 2.05) is 0 Å². The Hall–Kier alpha value is -1.16. The molecule has 0 amide bonds. The van der Waals surface area contributed by atoms with E-state index in [-0.39, 0.29) is 0 Å². The average Bonchev–Trinajstić information content (AvgIpc) is 2.45. The molecule has 2 heterocycles. The lowest BCUT2D eigenvalue weighted by atomic mass is 9.99. The number of nitrogens with zero attached hydrogens (tertiary/aromatic N) is 3. The summed E-state index contributed by atoms with van der Waals surface area (Å²) in [4.78, 5) is 11.7. The van der Waals surface area contributed by atoms with Gasteiger partial charge in [0.2, 0.25) is 5.95 Å². The monoisotopic (exact) mass is 276 g/mol. The second-order valence-corrected chi connectivity index (χ2v) is 6.14. The van der Waals surface area contributed by atoms with E-state index in [1.165, 1.54) is 19.4 Å². The molecular formula is C16H28N4. The fourth-order valence-electron chi connectivity index (χ4n) is 2.76. The maximum Gasteiger partial charge on any atom is 0.225 e. The summed E-state index contributed by atoms with van der Waals surface area (Å²) >= 11 is 0. The van der Waals surface area contributed by atoms with Crippen molar-refractivity contribution in [2.75, 3.05) is 31.1 Å². The summed E-state index contributed by atoms with van der Waals surface area (Å²) in [5.74, 6) is 2.07. The van der Waals surface area contributed by atoms with E-state index in [2.05, 4.69) is 49.0 Å². The van der Waals surface area contributed by atoms with E-state index < -0.39 is 0 Å². The van der Waals surface area contributed by atoms with Crippen molar-refractivity contribution in [3.63, 3.8) is 0 Å². The first kappa shape index (κ1) is 15.2. The molecule has 0 aromatic carbocycles. The maximum absolute atomic E-state index is 4.76. The van der Waals surface area contributed by atoms with Crippen molar-refractivity contribution in [2.24, 2.45) is 5.92 Å². The van der Waals surface area contributed by atoms with Crippen LogP contribution in [0.5, 0.6) is 0 Å². The van der Waals surface area contributed by atoms with Gasteiger partial charge in [-0.15, -0.1) is 0 Å². The lowest BCUT2D eigenvalue weighted by Crippen LogP contribution is -2.39. The molecule has 112 valence electrons. The third kappa shape index (κ3) is 3.92. The standard InChI is InChI=1S/C16H28N4/c1-5-20(11-14-7-6-8-17-10-14)16-18-13(4)9-15(19-16)12(2)3/h9,12,14,17H,5-8,10-11H2,1-4H3. The topological polar surface area (TPSA) is 41.0 Å². The van der Waals surface area contributed by atoms with Crippen LogP contribution in [0.3, 0.4) is 0 Å². The van der Waals surface area contributed by atoms with Crippen LogP contribution in [0.2, 0.25) is 0 Å². The predicted molar refractivity (Wildman–Crippen MR) is 84.3 cm³/mol. The van der Waals surface area contributed by atoms with Crippen LogP contribution in [0.15, 0.2) is 6.07 Å². The minimum absolute atomic E-state index is 0.450. The van der Waals surface area contributed by atoms with Gasteiger partial charge in [0, 0.05) is 24.5 Å². The Morgan fingerprint density at radius 1 is 1.40 bits per heavy atom. The fourth-order valence-corrected chi connectivity index (χ4v) is 2.76. The maximum atomic E-state index is 4.76. The molecule has 1 aliphatic heterocycles. The zero-order valence-electron chi connectivity index (χ0n) is 13.3. The molecule has 1 N–H and O–H groups in total. The Labute approximate surface area is 123 Å². The molecular weight excluding hydrogens is 248 g/mol. The highest BCUT2D eigenvalue weighted by Crippen LogP contribution is 2.19. The van der Waals surface area contributed by atoms with Crippen LogP contribution < -0.4 is 10.2 Å². The molecule has 20 heavy (non-hydrogen) atoms. The third-order valence-electron chi connectivity index (χ3n) is 4.00. The Morgan fingerprint density at radius 2 is 2.20 bits per heavy atom. The quantitative estimate of drug-likeness (QED) is 0.898. The predicted octanol–water partition coefficient (Wildman–Crippen LogP) is 2.73. The SMILES string of the molecule is CCN(CC1CCCNC1)c1nc(C)cc(C(C)C)n1. The molecule has 4 heteroatoms. The van der Waals surface area contributed by atoms with Gasteiger partial charge in [0.15, 0.2) is 0 Å². The van der Waals surface area contributed by atoms with Crippen molar-refractivity contribution in [1.82, 2.24) is 15.3 Å². The molecule has 1 aromatic rings. The van der Waals surface area contributed by atoms with E-state index in [4.69, 9.17) is 4.98 Å². The van der Waals surface area contributed by atoms with Crippen LogP contribution in [0.25, 0.3) is 0 Å². The van der Waals surface area contributed by atoms with Crippen LogP contribution in [-0.4, -0.2) is 36.1 Å². The summed E-state index contributed by atoms with van der Waals surface area (Å²) in [6.07, 6.45) is 2.60. The third-order valence-corrected chi connectivity index (χ3v) is 4.00. The molecule has 0 radical (unpaired) electrons. The van der Waals surface area contributed by atoms with Gasteiger partial charge < -0.3 is 10.2 Å². The van der Waals surface area contributed by atoms with Gasteiger partial charge in [0.05, 0.1) is 0 Å². The summed E-state index contributed by atoms with van der Waals surface area (Å²) in [7, 11) is 0. The second kappa shape index (κ2) is 7.02. The molecule has 1 aliphatic rings. The van der Waals surface area contributed by atoms with E-state index in [9.17, 15) is 0 Å². The van der Waals surface area contributed by atoms with Gasteiger partial charge in [-0.3, -0.25) is 0 Å². The molecule has 1 atom stereocenters. The van der Waals surface area contributed by atoms with Crippen LogP contribution >= 0.6 is 0 Å². The summed E-state index contributed by atoms with van der Waals surface area (Å²) < 4.78 is 0. The largest absolute Gasteiger partial charge is 0.341 e. The van der Waals surface area contributed by atoms with Crippen molar-refractivity contribution in [2.45, 2.75) is 46.5 Å². The highest BCUT2D eigenvalue weighted by molar-refractivity contribution is 5.33. The van der Waals surface area contributed by atoms with E-state index in [1.54, 1.807) is 0 Å². The highest BCUT2D eigenvalue weighted by Gasteiger charge is 2.18. The minimum Gasteiger partial charge on any atom is -0.341 e. The Balaban J connectivity index is 2.13. The summed E-state index contributed by atoms with van der Waals surface area (Å²) in [5.41, 5.74) is 2.21. The van der Waals surface area contributed by atoms with Crippen molar-refractivity contribution in [3.8, 4) is 0 Å². The molecule has 1 saturated heterocycles. The van der Waals surface area contributed by atoms with Crippen molar-refractivity contribution < 1.29 is 0 Å². The first-order chi connectivity index (χ1) is 9.60. The minimum atomic E-state index is 0.450. The lowest BCUT2D eigenvalue weighted by molar-refractivity contribution is 0.376. The molecule has 1 fully saturated rings. The van der Waals surface area contributed by atoms with E-state index >= 15 is 0 Å². The number of anilines is 1. The highest BCUT2D eigenvalue weighted by atomic mass is 15.2. The number of rotatable bonds is 5. The van der Waals surface area contributed by atoms with Gasteiger partial charge in [-0.1, -0.05) is 13.8 Å². The van der Waals surface area contributed by atoms with Crippen LogP contribution in [0.4, 0.5) is 5.95 Å². The van der Waals surface area contributed by atoms with Gasteiger partial charge >= 0.3 is 0 Å². The van der Waals surface area contributed by atoms with Gasteiger partial charge in [0.1, 0.15) is 0 Å². The number of hydrogen-bond acceptors (Lipinski definition) is 4. The molecule has 0 aliphatic carbocycles. The van der Waals surface area contributed by atoms with E-state index in [0.717, 1.165) is 42.9 Å². The summed E-state index contributed by atoms with van der Waals surface area (Å²) in [5, 5.41) is 3.49. The number of aromatic nitrogens is 2. The number of aryl methyl sites for hydroxylation is 1. The summed E-state index contributed by atoms with van der Waals surface area (Å²) in [6.45, 7) is 13.0. The molecule has 0 spiro atoms. The zero-order chi connectivity index (χ0) is 14.5. The molecule has 0 bridgehead atoms. The summed E-state index contributed by atoms with van der Waals surface area (Å²) in [6, 6.07) is 2.10. The van der Waals surface area contributed by atoms with Crippen molar-refractivity contribution >= 4 is 5.95 Å². The normalized spacial score (nSPS) is 19.4. The Bertz CT molecular complexity index is 424. The van der Waals surface area contributed by atoms with Crippen LogP contribution in [0.1, 0.15) is 50.9 Å². The van der Waals surface area contributed by atoms with Gasteiger partial charge in [-0.2, -0.15) is 0 Å². The second-order valence-electron chi connectivity index (χ2n) is 6.14. The van der Waals surface area contributed by atoms with Crippen LogP contribution in [-0.2, 0) is 0 Å². The van der Waals surface area contributed by atoms with E-state index in [0.29, 0.717) is 5.92 Å². The lowest BCUT2D eigenvalue weighted by Gasteiger charge is -2.30. The molecule has 4 nitrogen and oxygen atoms in total. The van der Waals surface area contributed by atoms with Crippen LogP contribution in [0, 0.1) is 12.8 Å².